The van der Waals surface area contributed by atoms with Gasteiger partial charge in [0.1, 0.15) is 0 Å². The van der Waals surface area contributed by atoms with Crippen LogP contribution in [0.15, 0.2) is 39.1 Å². The van der Waals surface area contributed by atoms with Crippen molar-refractivity contribution in [3.05, 3.63) is 44.7 Å². The Bertz CT molecular complexity index is 958. The van der Waals surface area contributed by atoms with E-state index in [2.05, 4.69) is 35.1 Å². The second-order valence-corrected chi connectivity index (χ2v) is 9.47. The van der Waals surface area contributed by atoms with E-state index >= 15 is 0 Å². The molecule has 2 aliphatic carbocycles. The van der Waals surface area contributed by atoms with Crippen molar-refractivity contribution in [2.45, 2.75) is 51.9 Å². The van der Waals surface area contributed by atoms with Crippen LogP contribution in [0.4, 0.5) is 0 Å². The Labute approximate surface area is 173 Å². The van der Waals surface area contributed by atoms with Crippen molar-refractivity contribution in [2.75, 3.05) is 7.11 Å². The van der Waals surface area contributed by atoms with Crippen molar-refractivity contribution in [1.82, 2.24) is 5.32 Å². The predicted molar refractivity (Wildman–Crippen MR) is 109 cm³/mol. The number of carbonyl (C=O) groups is 2. The maximum absolute atomic E-state index is 13.2. The molecule has 3 aliphatic rings. The Morgan fingerprint density at radius 3 is 2.54 bits per heavy atom. The Morgan fingerprint density at radius 2 is 1.82 bits per heavy atom. The molecule has 2 N–H and O–H groups in total. The van der Waals surface area contributed by atoms with Crippen molar-refractivity contribution < 1.29 is 19.4 Å². The molecule has 1 aromatic carbocycles. The van der Waals surface area contributed by atoms with Gasteiger partial charge in [0.15, 0.2) is 23.1 Å². The van der Waals surface area contributed by atoms with Crippen LogP contribution in [0.2, 0.25) is 0 Å². The monoisotopic (exact) mass is 445 g/mol. The number of hydrogen-bond donors (Lipinski definition) is 2. The molecule has 6 heteroatoms. The number of aromatic hydroxyl groups is 1. The van der Waals surface area contributed by atoms with Crippen LogP contribution in [0, 0.1) is 5.41 Å². The van der Waals surface area contributed by atoms with E-state index in [1.807, 2.05) is 0 Å². The van der Waals surface area contributed by atoms with E-state index in [4.69, 9.17) is 4.74 Å². The van der Waals surface area contributed by atoms with Gasteiger partial charge >= 0.3 is 0 Å². The molecule has 0 bridgehead atoms. The molecule has 1 heterocycles. The summed E-state index contributed by atoms with van der Waals surface area (Å²) in [5.41, 5.74) is 3.92. The summed E-state index contributed by atoms with van der Waals surface area (Å²) in [6, 6.07) is 3.53. The minimum absolute atomic E-state index is 0.00895. The number of phenols is 1. The maximum Gasteiger partial charge on any atom is 0.172 e. The van der Waals surface area contributed by atoms with Gasteiger partial charge in [-0.25, -0.2) is 0 Å². The maximum atomic E-state index is 13.2. The molecule has 0 saturated heterocycles. The average molecular weight is 446 g/mol. The summed E-state index contributed by atoms with van der Waals surface area (Å²) in [4.78, 5) is 26.1. The number of carbonyl (C=O) groups excluding carboxylic acids is 2. The van der Waals surface area contributed by atoms with Gasteiger partial charge in [0.05, 0.1) is 11.6 Å². The number of hydrogen-bond acceptors (Lipinski definition) is 5. The minimum atomic E-state index is -0.423. The fourth-order valence-corrected chi connectivity index (χ4v) is 5.15. The largest absolute Gasteiger partial charge is 0.503 e. The molecule has 5 nitrogen and oxygen atoms in total. The lowest BCUT2D eigenvalue weighted by Gasteiger charge is -2.41. The first-order chi connectivity index (χ1) is 13.2. The van der Waals surface area contributed by atoms with Crippen molar-refractivity contribution in [2.24, 2.45) is 5.41 Å². The van der Waals surface area contributed by atoms with Gasteiger partial charge in [-0.3, -0.25) is 9.59 Å². The highest BCUT2D eigenvalue weighted by atomic mass is 79.9. The summed E-state index contributed by atoms with van der Waals surface area (Å²) < 4.78 is 5.80. The third-order valence-electron chi connectivity index (χ3n) is 5.86. The molecular formula is C22H24BrNO4. The van der Waals surface area contributed by atoms with Crippen molar-refractivity contribution in [1.29, 1.82) is 0 Å². The van der Waals surface area contributed by atoms with E-state index in [0.29, 0.717) is 34.2 Å². The summed E-state index contributed by atoms with van der Waals surface area (Å²) >= 11 is 3.38. The first kappa shape index (κ1) is 19.2. The Morgan fingerprint density at radius 1 is 1.11 bits per heavy atom. The smallest absolute Gasteiger partial charge is 0.172 e. The van der Waals surface area contributed by atoms with Crippen LogP contribution < -0.4 is 10.1 Å². The van der Waals surface area contributed by atoms with Crippen LogP contribution >= 0.6 is 15.9 Å². The number of ketones is 2. The number of ether oxygens (including phenoxy) is 1. The van der Waals surface area contributed by atoms with Crippen molar-refractivity contribution in [3.63, 3.8) is 0 Å². The number of allylic oxidation sites excluding steroid dienone is 4. The fourth-order valence-electron chi connectivity index (χ4n) is 4.69. The normalized spacial score (nSPS) is 23.9. The predicted octanol–water partition coefficient (Wildman–Crippen LogP) is 4.50. The van der Waals surface area contributed by atoms with Crippen LogP contribution in [0.5, 0.6) is 11.5 Å². The molecular weight excluding hydrogens is 422 g/mol. The zero-order chi connectivity index (χ0) is 20.2. The second kappa shape index (κ2) is 6.76. The van der Waals surface area contributed by atoms with Crippen LogP contribution in [0.1, 0.15) is 57.4 Å². The topological polar surface area (TPSA) is 75.6 Å². The lowest BCUT2D eigenvalue weighted by Crippen LogP contribution is -2.40. The number of halogens is 1. The number of benzene rings is 1. The number of dihydropyridines is 1. The van der Waals surface area contributed by atoms with Gasteiger partial charge in [-0.1, -0.05) is 13.8 Å². The SMILES string of the molecule is COc1cc([C@H]2C3=C(CCCC3=O)NC3=C2C(=O)CC(C)(C)C3)cc(Br)c1O. The molecule has 148 valence electrons. The summed E-state index contributed by atoms with van der Waals surface area (Å²) in [5, 5.41) is 13.7. The van der Waals surface area contributed by atoms with Gasteiger partial charge in [-0.15, -0.1) is 0 Å². The number of nitrogens with one attached hydrogen (secondary N) is 1. The van der Waals surface area contributed by atoms with Crippen LogP contribution in [-0.2, 0) is 9.59 Å². The molecule has 0 unspecified atom stereocenters. The van der Waals surface area contributed by atoms with Crippen molar-refractivity contribution >= 4 is 27.5 Å². The summed E-state index contributed by atoms with van der Waals surface area (Å²) in [5.74, 6) is 0.0742. The van der Waals surface area contributed by atoms with E-state index in [0.717, 1.165) is 36.2 Å². The molecule has 0 radical (unpaired) electrons. The van der Waals surface area contributed by atoms with Gasteiger partial charge in [-0.2, -0.15) is 0 Å². The first-order valence-corrected chi connectivity index (χ1v) is 10.4. The number of Topliss-reactive ketones (excluding diaryl/α,β-unsaturated/α-hetero) is 2. The average Bonchev–Trinajstić information content (AvgIpc) is 2.61. The van der Waals surface area contributed by atoms with Gasteiger partial charge in [-0.05, 0) is 58.3 Å². The number of phenolic OH excluding ortho intramolecular Hbond substituents is 1. The van der Waals surface area contributed by atoms with Crippen LogP contribution in [0.3, 0.4) is 0 Å². The molecule has 1 atom stereocenters. The quantitative estimate of drug-likeness (QED) is 0.700. The fraction of sp³-hybridized carbons (Fsp3) is 0.455. The first-order valence-electron chi connectivity index (χ1n) is 9.58. The molecule has 1 aromatic rings. The summed E-state index contributed by atoms with van der Waals surface area (Å²) in [6.45, 7) is 4.20. The van der Waals surface area contributed by atoms with Gasteiger partial charge in [0.2, 0.25) is 0 Å². The van der Waals surface area contributed by atoms with E-state index in [-0.39, 0.29) is 22.7 Å². The second-order valence-electron chi connectivity index (χ2n) is 8.61. The van der Waals surface area contributed by atoms with Gasteiger partial charge < -0.3 is 15.2 Å². The highest BCUT2D eigenvalue weighted by Crippen LogP contribution is 2.50. The van der Waals surface area contributed by atoms with E-state index in [1.54, 1.807) is 12.1 Å². The molecule has 28 heavy (non-hydrogen) atoms. The molecule has 0 amide bonds. The Balaban J connectivity index is 1.94. The zero-order valence-corrected chi connectivity index (χ0v) is 17.9. The minimum Gasteiger partial charge on any atom is -0.503 e. The molecule has 0 aromatic heterocycles. The molecule has 1 aliphatic heterocycles. The zero-order valence-electron chi connectivity index (χ0n) is 16.3. The highest BCUT2D eigenvalue weighted by molar-refractivity contribution is 9.10. The number of methoxy groups -OCH3 is 1. The summed E-state index contributed by atoms with van der Waals surface area (Å²) in [6.07, 6.45) is 3.35. The molecule has 0 fully saturated rings. The lowest BCUT2D eigenvalue weighted by atomic mass is 9.67. The molecule has 0 spiro atoms. The van der Waals surface area contributed by atoms with Crippen molar-refractivity contribution in [3.8, 4) is 11.5 Å². The van der Waals surface area contributed by atoms with Crippen LogP contribution in [-0.4, -0.2) is 23.8 Å². The van der Waals surface area contributed by atoms with Gasteiger partial charge in [0, 0.05) is 41.3 Å². The van der Waals surface area contributed by atoms with E-state index < -0.39 is 5.92 Å². The molecule has 0 saturated carbocycles. The van der Waals surface area contributed by atoms with Crippen LogP contribution in [0.25, 0.3) is 0 Å². The third kappa shape index (κ3) is 3.08. The third-order valence-corrected chi connectivity index (χ3v) is 6.46. The van der Waals surface area contributed by atoms with E-state index in [9.17, 15) is 14.7 Å². The standard InChI is InChI=1S/C22H24BrNO4/c1-22(2)9-14-20(16(26)10-22)18(19-13(24-14)5-4-6-15(19)25)11-7-12(23)21(27)17(8-11)28-3/h7-8,18,24,27H,4-6,9-10H2,1-3H3/t18-/m0/s1. The van der Waals surface area contributed by atoms with E-state index in [1.165, 1.54) is 7.11 Å². The van der Waals surface area contributed by atoms with Gasteiger partial charge in [0.25, 0.3) is 0 Å². The number of rotatable bonds is 2. The lowest BCUT2D eigenvalue weighted by molar-refractivity contribution is -0.118. The molecule has 4 rings (SSSR count). The Kier molecular flexibility index (Phi) is 4.65. The summed E-state index contributed by atoms with van der Waals surface area (Å²) in [7, 11) is 1.49. The Hall–Kier alpha value is -2.08. The highest BCUT2D eigenvalue weighted by Gasteiger charge is 2.44.